The summed E-state index contributed by atoms with van der Waals surface area (Å²) in [5.41, 5.74) is 6.90. The predicted octanol–water partition coefficient (Wildman–Crippen LogP) is 5.16. The molecule has 0 N–H and O–H groups in total. The monoisotopic (exact) mass is 422 g/mol. The molecule has 0 fully saturated rings. The second-order valence-corrected chi connectivity index (χ2v) is 7.69. The topological polar surface area (TPSA) is 42.4 Å². The number of nitrogens with zero attached hydrogens (tertiary/aromatic N) is 2. The molecule has 1 aliphatic carbocycles. The molecule has 4 nitrogen and oxygen atoms in total. The lowest BCUT2D eigenvalue weighted by Crippen LogP contribution is -2.30. The maximum atomic E-state index is 13.0. The van der Waals surface area contributed by atoms with Crippen molar-refractivity contribution in [2.24, 2.45) is 0 Å². The van der Waals surface area contributed by atoms with Gasteiger partial charge in [-0.15, -0.1) is 5.73 Å². The van der Waals surface area contributed by atoms with Crippen molar-refractivity contribution in [3.8, 4) is 5.75 Å². The Balaban J connectivity index is 1.48. The number of hydrogen-bond acceptors (Lipinski definition) is 3. The summed E-state index contributed by atoms with van der Waals surface area (Å²) in [7, 11) is 0. The first-order valence-electron chi connectivity index (χ1n) is 9.60. The summed E-state index contributed by atoms with van der Waals surface area (Å²) < 4.78 is 18.9. The lowest BCUT2D eigenvalue weighted by molar-refractivity contribution is -0.127. The number of amides is 1. The Bertz CT molecular complexity index is 1130. The van der Waals surface area contributed by atoms with E-state index in [2.05, 4.69) is 10.7 Å². The Morgan fingerprint density at radius 2 is 2.10 bits per heavy atom. The maximum Gasteiger partial charge on any atom is 0.255 e. The molecule has 30 heavy (non-hydrogen) atoms. The number of aromatic nitrogens is 1. The van der Waals surface area contributed by atoms with Gasteiger partial charge in [0.1, 0.15) is 18.2 Å². The first kappa shape index (κ1) is 20.1. The van der Waals surface area contributed by atoms with Crippen LogP contribution in [0.1, 0.15) is 29.8 Å². The minimum Gasteiger partial charge on any atom is -0.487 e. The zero-order valence-corrected chi connectivity index (χ0v) is 17.4. The van der Waals surface area contributed by atoms with Crippen LogP contribution in [0, 0.1) is 12.7 Å². The van der Waals surface area contributed by atoms with Gasteiger partial charge < -0.3 is 9.64 Å². The van der Waals surface area contributed by atoms with E-state index in [0.717, 1.165) is 22.4 Å². The normalized spacial score (nSPS) is 16.5. The molecule has 0 radical (unpaired) electrons. The molecule has 2 heterocycles. The molecular formula is C24H20ClFN2O2. The van der Waals surface area contributed by atoms with Crippen molar-refractivity contribution < 1.29 is 13.9 Å². The van der Waals surface area contributed by atoms with Gasteiger partial charge in [0.05, 0.1) is 23.5 Å². The van der Waals surface area contributed by atoms with E-state index >= 15 is 0 Å². The van der Waals surface area contributed by atoms with Gasteiger partial charge in [0.15, 0.2) is 0 Å². The minimum atomic E-state index is -0.276. The van der Waals surface area contributed by atoms with Crippen molar-refractivity contribution in [3.05, 3.63) is 99.3 Å². The van der Waals surface area contributed by atoms with E-state index in [4.69, 9.17) is 16.3 Å². The molecule has 1 unspecified atom stereocenters. The first-order chi connectivity index (χ1) is 14.4. The molecule has 1 atom stereocenters. The number of aryl methyl sites for hydroxylation is 1. The molecule has 0 bridgehead atoms. The molecule has 152 valence electrons. The number of carbonyl (C=O) groups is 1. The van der Waals surface area contributed by atoms with Crippen molar-refractivity contribution >= 4 is 17.5 Å². The van der Waals surface area contributed by atoms with Crippen LogP contribution in [0.15, 0.2) is 76.7 Å². The third kappa shape index (κ3) is 3.95. The van der Waals surface area contributed by atoms with Gasteiger partial charge in [-0.3, -0.25) is 9.78 Å². The number of pyridine rings is 1. The molecule has 1 aromatic heterocycles. The molecule has 2 aliphatic rings. The number of hydrogen-bond donors (Lipinski definition) is 0. The van der Waals surface area contributed by atoms with Crippen LogP contribution in [-0.4, -0.2) is 22.3 Å². The van der Waals surface area contributed by atoms with Crippen LogP contribution in [0.2, 0.25) is 0 Å². The molecule has 6 heteroatoms. The highest BCUT2D eigenvalue weighted by Gasteiger charge is 2.34. The number of rotatable bonds is 5. The molecule has 1 aliphatic heterocycles. The summed E-state index contributed by atoms with van der Waals surface area (Å²) in [5.74, 6) is 0.292. The van der Waals surface area contributed by atoms with Gasteiger partial charge in [-0.2, -0.15) is 0 Å². The zero-order chi connectivity index (χ0) is 21.3. The van der Waals surface area contributed by atoms with Gasteiger partial charge in [-0.1, -0.05) is 23.7 Å². The third-order valence-corrected chi connectivity index (χ3v) is 5.63. The predicted molar refractivity (Wildman–Crippen MR) is 113 cm³/mol. The van der Waals surface area contributed by atoms with E-state index < -0.39 is 0 Å². The van der Waals surface area contributed by atoms with Gasteiger partial charge in [-0.25, -0.2) is 4.39 Å². The molecule has 0 saturated heterocycles. The largest absolute Gasteiger partial charge is 0.487 e. The molecule has 1 amide bonds. The van der Waals surface area contributed by atoms with E-state index in [1.807, 2.05) is 19.9 Å². The van der Waals surface area contributed by atoms with Crippen LogP contribution in [0.3, 0.4) is 0 Å². The van der Waals surface area contributed by atoms with E-state index in [0.29, 0.717) is 29.5 Å². The quantitative estimate of drug-likeness (QED) is 0.625. The van der Waals surface area contributed by atoms with E-state index in [1.54, 1.807) is 41.5 Å². The average molecular weight is 423 g/mol. The summed E-state index contributed by atoms with van der Waals surface area (Å²) >= 11 is 6.32. The van der Waals surface area contributed by atoms with Crippen molar-refractivity contribution in [3.63, 3.8) is 0 Å². The van der Waals surface area contributed by atoms with Gasteiger partial charge >= 0.3 is 0 Å². The summed E-state index contributed by atoms with van der Waals surface area (Å²) in [6.45, 7) is 4.64. The lowest BCUT2D eigenvalue weighted by atomic mass is 10.1. The fourth-order valence-corrected chi connectivity index (χ4v) is 3.70. The molecule has 1 aromatic carbocycles. The smallest absolute Gasteiger partial charge is 0.255 e. The molecule has 2 aromatic rings. The Hall–Kier alpha value is -3.14. The van der Waals surface area contributed by atoms with Crippen molar-refractivity contribution in [1.82, 2.24) is 9.88 Å². The minimum absolute atomic E-state index is 0.0806. The van der Waals surface area contributed by atoms with Crippen LogP contribution >= 0.6 is 11.6 Å². The summed E-state index contributed by atoms with van der Waals surface area (Å²) in [6.07, 6.45) is 6.80. The number of ether oxygens (including phenoxy) is 1. The zero-order valence-electron chi connectivity index (χ0n) is 16.7. The molecular weight excluding hydrogens is 403 g/mol. The van der Waals surface area contributed by atoms with E-state index in [9.17, 15) is 9.18 Å². The summed E-state index contributed by atoms with van der Waals surface area (Å²) in [6, 6.07) is 7.89. The average Bonchev–Trinajstić information content (AvgIpc) is 2.95. The third-order valence-electron chi connectivity index (χ3n) is 5.27. The molecule has 4 rings (SSSR count). The maximum absolute atomic E-state index is 13.0. The fraction of sp³-hybridized carbons (Fsp3) is 0.208. The van der Waals surface area contributed by atoms with Gasteiger partial charge in [0.2, 0.25) is 0 Å². The van der Waals surface area contributed by atoms with Crippen LogP contribution in [0.4, 0.5) is 4.39 Å². The highest BCUT2D eigenvalue weighted by molar-refractivity contribution is 6.33. The highest BCUT2D eigenvalue weighted by atomic mass is 35.5. The van der Waals surface area contributed by atoms with E-state index in [-0.39, 0.29) is 17.8 Å². The fourth-order valence-electron chi connectivity index (χ4n) is 3.48. The first-order valence-corrected chi connectivity index (χ1v) is 9.98. The SMILES string of the molecule is Cc1cc(C(C)N2CC3=C(C=C=CC=C3Cl)C2=O)ncc1OCc1ccc(F)cc1. The van der Waals surface area contributed by atoms with E-state index in [1.165, 1.54) is 12.1 Å². The van der Waals surface area contributed by atoms with Crippen LogP contribution in [-0.2, 0) is 11.4 Å². The molecule has 0 saturated carbocycles. The number of carbonyl (C=O) groups excluding carboxylic acids is 1. The number of halogens is 2. The van der Waals surface area contributed by atoms with Gasteiger partial charge in [0.25, 0.3) is 5.91 Å². The Morgan fingerprint density at radius 1 is 1.33 bits per heavy atom. The highest BCUT2D eigenvalue weighted by Crippen LogP contribution is 2.35. The standard InChI is InChI=1S/C24H20ClFN2O2/c1-15-11-22(27-12-23(15)30-14-17-7-9-18(26)10-8-17)16(2)28-13-20-19(24(28)29)5-3-4-6-21(20)25/h4-12,16H,13-14H2,1-2H3. The van der Waals surface area contributed by atoms with Crippen molar-refractivity contribution in [1.29, 1.82) is 0 Å². The van der Waals surface area contributed by atoms with Crippen molar-refractivity contribution in [2.45, 2.75) is 26.5 Å². The summed E-state index contributed by atoms with van der Waals surface area (Å²) in [4.78, 5) is 19.2. The number of allylic oxidation sites excluding steroid dienone is 1. The van der Waals surface area contributed by atoms with Crippen LogP contribution in [0.25, 0.3) is 0 Å². The van der Waals surface area contributed by atoms with Crippen LogP contribution in [0.5, 0.6) is 5.75 Å². The Labute approximate surface area is 179 Å². The summed E-state index contributed by atoms with van der Waals surface area (Å²) in [5, 5.41) is 0.558. The van der Waals surface area contributed by atoms with Crippen LogP contribution < -0.4 is 4.74 Å². The Morgan fingerprint density at radius 3 is 2.83 bits per heavy atom. The molecule has 0 spiro atoms. The second-order valence-electron chi connectivity index (χ2n) is 7.28. The second kappa shape index (κ2) is 8.31. The van der Waals surface area contributed by atoms with Gasteiger partial charge in [-0.05, 0) is 61.4 Å². The van der Waals surface area contributed by atoms with Crippen molar-refractivity contribution in [2.75, 3.05) is 6.54 Å². The van der Waals surface area contributed by atoms with Gasteiger partial charge in [0, 0.05) is 17.2 Å². The number of benzene rings is 1. The Kier molecular flexibility index (Phi) is 5.58. The lowest BCUT2D eigenvalue weighted by Gasteiger charge is -2.25.